The van der Waals surface area contributed by atoms with E-state index in [1.807, 2.05) is 20.8 Å². The molecule has 3 heteroatoms. The number of carbonyl (C=O) groups is 1. The SMILES string of the molecule is CCSC(=S)C(C)(C)C(C)=O. The Hall–Kier alpha value is 0.110. The van der Waals surface area contributed by atoms with Crippen LogP contribution in [0, 0.1) is 5.41 Å². The van der Waals surface area contributed by atoms with Crippen molar-refractivity contribution in [3.8, 4) is 0 Å². The van der Waals surface area contributed by atoms with Gasteiger partial charge >= 0.3 is 0 Å². The number of Topliss-reactive ketones (excluding diaryl/α,β-unsaturated/α-hetero) is 1. The Labute approximate surface area is 77.9 Å². The molecule has 0 unspecified atom stereocenters. The van der Waals surface area contributed by atoms with Gasteiger partial charge in [-0.2, -0.15) is 0 Å². The molecule has 0 atom stereocenters. The fraction of sp³-hybridized carbons (Fsp3) is 0.750. The first kappa shape index (κ1) is 11.1. The van der Waals surface area contributed by atoms with Gasteiger partial charge in [0.1, 0.15) is 5.78 Å². The molecule has 64 valence electrons. The first-order valence-electron chi connectivity index (χ1n) is 3.61. The van der Waals surface area contributed by atoms with Crippen molar-refractivity contribution >= 4 is 34.0 Å². The van der Waals surface area contributed by atoms with Gasteiger partial charge in [0.15, 0.2) is 0 Å². The zero-order valence-electron chi connectivity index (χ0n) is 7.43. The summed E-state index contributed by atoms with van der Waals surface area (Å²) in [4.78, 5) is 11.1. The Morgan fingerprint density at radius 1 is 1.55 bits per heavy atom. The molecule has 1 nitrogen and oxygen atoms in total. The zero-order valence-corrected chi connectivity index (χ0v) is 9.06. The maximum absolute atomic E-state index is 11.1. The van der Waals surface area contributed by atoms with Gasteiger partial charge in [0.2, 0.25) is 0 Å². The molecule has 0 radical (unpaired) electrons. The summed E-state index contributed by atoms with van der Waals surface area (Å²) >= 11 is 6.68. The predicted octanol–water partition coefficient (Wildman–Crippen LogP) is 2.68. The molecule has 0 fully saturated rings. The van der Waals surface area contributed by atoms with Crippen LogP contribution < -0.4 is 0 Å². The van der Waals surface area contributed by atoms with Crippen LogP contribution in [0.1, 0.15) is 27.7 Å². The molecule has 11 heavy (non-hydrogen) atoms. The first-order chi connectivity index (χ1) is 4.92. The molecule has 0 spiro atoms. The van der Waals surface area contributed by atoms with Crippen molar-refractivity contribution in [1.29, 1.82) is 0 Å². The molecule has 0 bridgehead atoms. The maximum Gasteiger partial charge on any atom is 0.141 e. The lowest BCUT2D eigenvalue weighted by Crippen LogP contribution is -2.28. The van der Waals surface area contributed by atoms with Crippen LogP contribution >= 0.6 is 24.0 Å². The predicted molar refractivity (Wildman–Crippen MR) is 55.2 cm³/mol. The average molecular weight is 190 g/mol. The second-order valence-corrected chi connectivity index (χ2v) is 4.84. The van der Waals surface area contributed by atoms with Gasteiger partial charge in [0.05, 0.1) is 9.61 Å². The van der Waals surface area contributed by atoms with Gasteiger partial charge < -0.3 is 0 Å². The first-order valence-corrected chi connectivity index (χ1v) is 5.00. The zero-order chi connectivity index (χ0) is 9.07. The largest absolute Gasteiger partial charge is 0.299 e. The Balaban J connectivity index is 4.30. The van der Waals surface area contributed by atoms with Crippen LogP contribution in [-0.2, 0) is 4.79 Å². The van der Waals surface area contributed by atoms with Crippen molar-refractivity contribution in [2.45, 2.75) is 27.7 Å². The molecule has 0 rings (SSSR count). The van der Waals surface area contributed by atoms with Crippen LogP contribution in [0.5, 0.6) is 0 Å². The van der Waals surface area contributed by atoms with Gasteiger partial charge in [-0.1, -0.05) is 19.1 Å². The van der Waals surface area contributed by atoms with Gasteiger partial charge in [0, 0.05) is 0 Å². The molecule has 0 aromatic rings. The topological polar surface area (TPSA) is 17.1 Å². The lowest BCUT2D eigenvalue weighted by Gasteiger charge is -2.20. The Morgan fingerprint density at radius 2 is 2.00 bits per heavy atom. The lowest BCUT2D eigenvalue weighted by molar-refractivity contribution is -0.121. The minimum Gasteiger partial charge on any atom is -0.299 e. The van der Waals surface area contributed by atoms with E-state index in [4.69, 9.17) is 12.2 Å². The highest BCUT2D eigenvalue weighted by atomic mass is 32.2. The Kier molecular flexibility index (Phi) is 4.26. The average Bonchev–Trinajstić information content (AvgIpc) is 1.88. The standard InChI is InChI=1S/C8H14OS2/c1-5-11-7(10)8(3,4)6(2)9/h5H2,1-4H3. The molecule has 0 saturated carbocycles. The quantitative estimate of drug-likeness (QED) is 0.637. The van der Waals surface area contributed by atoms with Crippen molar-refractivity contribution in [3.05, 3.63) is 0 Å². The van der Waals surface area contributed by atoms with Crippen molar-refractivity contribution in [3.63, 3.8) is 0 Å². The van der Waals surface area contributed by atoms with Crippen LogP contribution in [0.4, 0.5) is 0 Å². The third-order valence-corrected chi connectivity index (χ3v) is 3.59. The number of thioether (sulfide) groups is 1. The van der Waals surface area contributed by atoms with E-state index in [0.717, 1.165) is 9.95 Å². The van der Waals surface area contributed by atoms with Gasteiger partial charge in [-0.05, 0) is 26.5 Å². The van der Waals surface area contributed by atoms with E-state index >= 15 is 0 Å². The summed E-state index contributed by atoms with van der Waals surface area (Å²) in [6.07, 6.45) is 0. The normalized spacial score (nSPS) is 11.3. The summed E-state index contributed by atoms with van der Waals surface area (Å²) in [5, 5.41) is 0. The molecule has 0 heterocycles. The Bertz CT molecular complexity index is 173. The van der Waals surface area contributed by atoms with Crippen molar-refractivity contribution < 1.29 is 4.79 Å². The van der Waals surface area contributed by atoms with Gasteiger partial charge in [-0.25, -0.2) is 0 Å². The third kappa shape index (κ3) is 2.91. The highest BCUT2D eigenvalue weighted by molar-refractivity contribution is 8.23. The van der Waals surface area contributed by atoms with E-state index in [9.17, 15) is 4.79 Å². The molecule has 0 saturated heterocycles. The summed E-state index contributed by atoms with van der Waals surface area (Å²) in [7, 11) is 0. The molecular formula is C8H14OS2. The second kappa shape index (κ2) is 4.21. The van der Waals surface area contributed by atoms with Crippen molar-refractivity contribution in [2.75, 3.05) is 5.75 Å². The summed E-state index contributed by atoms with van der Waals surface area (Å²) in [6, 6.07) is 0. The summed E-state index contributed by atoms with van der Waals surface area (Å²) in [5.74, 6) is 1.08. The van der Waals surface area contributed by atoms with Crippen molar-refractivity contribution in [1.82, 2.24) is 0 Å². The molecule has 0 N–H and O–H groups in total. The maximum atomic E-state index is 11.1. The summed E-state index contributed by atoms with van der Waals surface area (Å²) in [5.41, 5.74) is -0.435. The van der Waals surface area contributed by atoms with E-state index in [2.05, 4.69) is 0 Å². The van der Waals surface area contributed by atoms with Gasteiger partial charge in [0.25, 0.3) is 0 Å². The molecule has 0 aliphatic rings. The van der Waals surface area contributed by atoms with Crippen LogP contribution in [-0.4, -0.2) is 15.7 Å². The number of thiocarbonyl (C=S) groups is 1. The van der Waals surface area contributed by atoms with Gasteiger partial charge in [-0.3, -0.25) is 4.79 Å². The van der Waals surface area contributed by atoms with E-state index in [-0.39, 0.29) is 5.78 Å². The number of hydrogen-bond donors (Lipinski definition) is 0. The van der Waals surface area contributed by atoms with Gasteiger partial charge in [-0.15, -0.1) is 11.8 Å². The highest BCUT2D eigenvalue weighted by Crippen LogP contribution is 2.26. The highest BCUT2D eigenvalue weighted by Gasteiger charge is 2.28. The molecule has 0 aromatic carbocycles. The minimum atomic E-state index is -0.435. The molecular weight excluding hydrogens is 176 g/mol. The van der Waals surface area contributed by atoms with Crippen molar-refractivity contribution in [2.24, 2.45) is 5.41 Å². The number of carbonyl (C=O) groups excluding carboxylic acids is 1. The van der Waals surface area contributed by atoms with E-state index in [1.165, 1.54) is 0 Å². The smallest absolute Gasteiger partial charge is 0.141 e. The van der Waals surface area contributed by atoms with E-state index in [0.29, 0.717) is 0 Å². The summed E-state index contributed by atoms with van der Waals surface area (Å²) in [6.45, 7) is 7.37. The van der Waals surface area contributed by atoms with Crippen LogP contribution in [0.15, 0.2) is 0 Å². The monoisotopic (exact) mass is 190 g/mol. The molecule has 0 aliphatic carbocycles. The molecule has 0 aromatic heterocycles. The van der Waals surface area contributed by atoms with E-state index < -0.39 is 5.41 Å². The molecule has 0 amide bonds. The third-order valence-electron chi connectivity index (χ3n) is 1.67. The van der Waals surface area contributed by atoms with Crippen LogP contribution in [0.3, 0.4) is 0 Å². The molecule has 0 aliphatic heterocycles. The number of rotatable bonds is 3. The Morgan fingerprint density at radius 3 is 2.27 bits per heavy atom. The number of ketones is 1. The van der Waals surface area contributed by atoms with Crippen LogP contribution in [0.2, 0.25) is 0 Å². The second-order valence-electron chi connectivity index (χ2n) is 2.90. The number of hydrogen-bond acceptors (Lipinski definition) is 3. The fourth-order valence-corrected chi connectivity index (χ4v) is 1.72. The van der Waals surface area contributed by atoms with Crippen LogP contribution in [0.25, 0.3) is 0 Å². The fourth-order valence-electron chi connectivity index (χ4n) is 0.455. The van der Waals surface area contributed by atoms with E-state index in [1.54, 1.807) is 18.7 Å². The minimum absolute atomic E-state index is 0.142. The summed E-state index contributed by atoms with van der Waals surface area (Å²) < 4.78 is 0.799. The lowest BCUT2D eigenvalue weighted by atomic mass is 9.92.